The van der Waals surface area contributed by atoms with Crippen molar-refractivity contribution in [1.82, 2.24) is 19.6 Å². The number of rotatable bonds is 4. The molecule has 0 fully saturated rings. The first-order chi connectivity index (χ1) is 16.7. The summed E-state index contributed by atoms with van der Waals surface area (Å²) in [6.45, 7) is 3.67. The maximum Gasteiger partial charge on any atom is 0.573 e. The van der Waals surface area contributed by atoms with Gasteiger partial charge >= 0.3 is 12.7 Å². The molecule has 7 nitrogen and oxygen atoms in total. The molecule has 2 aromatic heterocycles. The number of hydrogen-bond acceptors (Lipinski definition) is 5. The number of halogens is 7. The summed E-state index contributed by atoms with van der Waals surface area (Å²) in [4.78, 5) is 0. The molecule has 0 saturated carbocycles. The molecule has 2 N–H and O–H groups in total. The van der Waals surface area contributed by atoms with Crippen LogP contribution in [0, 0.1) is 17.5 Å². The zero-order valence-electron chi connectivity index (χ0n) is 18.6. The Morgan fingerprint density at radius 2 is 1.08 bits per heavy atom. The molecule has 4 rings (SSSR count). The minimum Gasteiger partial charge on any atom is -0.406 e. The van der Waals surface area contributed by atoms with Gasteiger partial charge in [-0.25, -0.2) is 9.36 Å². The fourth-order valence-corrected chi connectivity index (χ4v) is 3.70. The highest BCUT2D eigenvalue weighted by molar-refractivity contribution is 14.1. The second-order valence-electron chi connectivity index (χ2n) is 7.23. The van der Waals surface area contributed by atoms with Crippen molar-refractivity contribution in [3.8, 4) is 22.9 Å². The minimum absolute atomic E-state index is 0.245. The molecule has 0 atom stereocenters. The molecule has 0 aliphatic carbocycles. The summed E-state index contributed by atoms with van der Waals surface area (Å²) < 4.78 is 83.5. The predicted molar refractivity (Wildman–Crippen MR) is 127 cm³/mol. The standard InChI is InChI=1S/C11H8F3IN2O.C11H10F3N3O/c2*1-7-6-10(15)16-17(7)8-2-4-9(5-3-8)18-11(12,13)14/h2-6H,1H3;2-6H,1H3,(H2,15,16). The van der Waals surface area contributed by atoms with E-state index in [0.29, 0.717) is 17.2 Å². The van der Waals surface area contributed by atoms with Gasteiger partial charge in [0.1, 0.15) is 21.0 Å². The lowest BCUT2D eigenvalue weighted by atomic mass is 10.3. The molecule has 192 valence electrons. The zero-order valence-corrected chi connectivity index (χ0v) is 20.8. The number of alkyl halides is 6. The lowest BCUT2D eigenvalue weighted by molar-refractivity contribution is -0.275. The highest BCUT2D eigenvalue weighted by Gasteiger charge is 2.31. The Morgan fingerprint density at radius 3 is 1.39 bits per heavy atom. The summed E-state index contributed by atoms with van der Waals surface area (Å²) in [6.07, 6.45) is -9.36. The average molecular weight is 625 g/mol. The maximum atomic E-state index is 12.0. The van der Waals surface area contributed by atoms with E-state index < -0.39 is 12.7 Å². The summed E-state index contributed by atoms with van der Waals surface area (Å²) >= 11 is 2.07. The summed E-state index contributed by atoms with van der Waals surface area (Å²) in [5.41, 5.74) is 8.51. The van der Waals surface area contributed by atoms with E-state index in [4.69, 9.17) is 5.73 Å². The lowest BCUT2D eigenvalue weighted by Gasteiger charge is -2.09. The van der Waals surface area contributed by atoms with Crippen molar-refractivity contribution in [1.29, 1.82) is 0 Å². The van der Waals surface area contributed by atoms with Crippen LogP contribution in [0.25, 0.3) is 11.4 Å². The van der Waals surface area contributed by atoms with E-state index in [2.05, 4.69) is 42.3 Å². The van der Waals surface area contributed by atoms with Gasteiger partial charge in [0.15, 0.2) is 0 Å². The Morgan fingerprint density at radius 1 is 0.694 bits per heavy atom. The van der Waals surface area contributed by atoms with E-state index in [9.17, 15) is 26.3 Å². The highest BCUT2D eigenvalue weighted by Crippen LogP contribution is 2.25. The van der Waals surface area contributed by atoms with Gasteiger partial charge in [-0.15, -0.1) is 26.3 Å². The lowest BCUT2D eigenvalue weighted by Crippen LogP contribution is -2.17. The number of nitrogens with two attached hydrogens (primary N) is 1. The van der Waals surface area contributed by atoms with Gasteiger partial charge in [-0.1, -0.05) is 0 Å². The van der Waals surface area contributed by atoms with Crippen molar-refractivity contribution in [2.24, 2.45) is 0 Å². The molecule has 0 amide bonds. The molecule has 0 radical (unpaired) electrons. The molecule has 14 heteroatoms. The van der Waals surface area contributed by atoms with Crippen molar-refractivity contribution in [3.05, 3.63) is 75.8 Å². The number of aryl methyl sites for hydroxylation is 2. The number of nitrogen functional groups attached to an aromatic ring is 1. The van der Waals surface area contributed by atoms with Crippen molar-refractivity contribution in [3.63, 3.8) is 0 Å². The Hall–Kier alpha value is -3.43. The first kappa shape index (κ1) is 27.2. The predicted octanol–water partition coefficient (Wildman–Crippen LogP) is 6.35. The largest absolute Gasteiger partial charge is 0.573 e. The van der Waals surface area contributed by atoms with Crippen LogP contribution in [0.15, 0.2) is 60.7 Å². The number of hydrogen-bond donors (Lipinski definition) is 1. The second kappa shape index (κ2) is 10.7. The van der Waals surface area contributed by atoms with Crippen LogP contribution < -0.4 is 15.2 Å². The third-order valence-electron chi connectivity index (χ3n) is 4.39. The molecule has 2 heterocycles. The summed E-state index contributed by atoms with van der Waals surface area (Å²) in [7, 11) is 0. The van der Waals surface area contributed by atoms with Crippen LogP contribution in [0.2, 0.25) is 0 Å². The van der Waals surface area contributed by atoms with Gasteiger partial charge in [0.2, 0.25) is 0 Å². The number of aromatic nitrogens is 4. The van der Waals surface area contributed by atoms with Crippen molar-refractivity contribution in [2.45, 2.75) is 26.6 Å². The van der Waals surface area contributed by atoms with Gasteiger partial charge in [0, 0.05) is 17.5 Å². The van der Waals surface area contributed by atoms with Crippen molar-refractivity contribution < 1.29 is 35.8 Å². The average Bonchev–Trinajstić information content (AvgIpc) is 3.27. The quantitative estimate of drug-likeness (QED) is 0.212. The monoisotopic (exact) mass is 625 g/mol. The van der Waals surface area contributed by atoms with E-state index in [0.717, 1.165) is 15.1 Å². The third-order valence-corrected chi connectivity index (χ3v) is 4.92. The minimum atomic E-state index is -4.69. The van der Waals surface area contributed by atoms with Gasteiger partial charge < -0.3 is 15.2 Å². The van der Waals surface area contributed by atoms with Gasteiger partial charge in [0.05, 0.1) is 11.4 Å². The molecule has 0 bridgehead atoms. The Balaban J connectivity index is 0.000000201. The van der Waals surface area contributed by atoms with Crippen LogP contribution in [0.4, 0.5) is 32.2 Å². The van der Waals surface area contributed by atoms with Gasteiger partial charge in [-0.2, -0.15) is 10.2 Å². The SMILES string of the molecule is Cc1cc(I)nn1-c1ccc(OC(F)(F)F)cc1.Cc1cc(N)nn1-c1ccc(OC(F)(F)F)cc1. The molecular formula is C22H18F6IN5O2. The van der Waals surface area contributed by atoms with E-state index in [1.54, 1.807) is 17.7 Å². The fraction of sp³-hybridized carbons (Fsp3) is 0.182. The number of anilines is 1. The van der Waals surface area contributed by atoms with Crippen LogP contribution in [-0.2, 0) is 0 Å². The van der Waals surface area contributed by atoms with Crippen LogP contribution in [0.3, 0.4) is 0 Å². The molecule has 0 aliphatic heterocycles. The Bertz CT molecular complexity index is 1200. The summed E-state index contributed by atoms with van der Waals surface area (Å²) in [6, 6.07) is 14.5. The Kier molecular flexibility index (Phi) is 8.05. The summed E-state index contributed by atoms with van der Waals surface area (Å²) in [5.74, 6) is -0.169. The fourth-order valence-electron chi connectivity index (χ4n) is 3.04. The zero-order chi connectivity index (χ0) is 26.7. The number of benzene rings is 2. The molecule has 36 heavy (non-hydrogen) atoms. The molecule has 0 unspecified atom stereocenters. The summed E-state index contributed by atoms with van der Waals surface area (Å²) in [5, 5.41) is 8.24. The highest BCUT2D eigenvalue weighted by atomic mass is 127. The molecule has 0 saturated heterocycles. The molecule has 0 aliphatic rings. The van der Waals surface area contributed by atoms with E-state index in [1.165, 1.54) is 53.2 Å². The van der Waals surface area contributed by atoms with Crippen LogP contribution in [0.5, 0.6) is 11.5 Å². The topological polar surface area (TPSA) is 80.1 Å². The molecule has 2 aromatic carbocycles. The second-order valence-corrected chi connectivity index (χ2v) is 8.33. The van der Waals surface area contributed by atoms with Crippen LogP contribution in [0.1, 0.15) is 11.4 Å². The Labute approximate surface area is 214 Å². The number of ether oxygens (including phenoxy) is 2. The molecular weight excluding hydrogens is 607 g/mol. The van der Waals surface area contributed by atoms with E-state index in [-0.39, 0.29) is 11.5 Å². The normalized spacial score (nSPS) is 11.6. The van der Waals surface area contributed by atoms with Crippen molar-refractivity contribution >= 4 is 28.4 Å². The molecule has 4 aromatic rings. The van der Waals surface area contributed by atoms with Gasteiger partial charge in [-0.05, 0) is 91.0 Å². The van der Waals surface area contributed by atoms with Crippen LogP contribution in [-0.4, -0.2) is 32.3 Å². The van der Waals surface area contributed by atoms with E-state index in [1.807, 2.05) is 13.0 Å². The van der Waals surface area contributed by atoms with E-state index >= 15 is 0 Å². The first-order valence-electron chi connectivity index (χ1n) is 9.97. The maximum absolute atomic E-state index is 12.0. The third kappa shape index (κ3) is 7.79. The van der Waals surface area contributed by atoms with Gasteiger partial charge in [0.25, 0.3) is 0 Å². The molecule has 0 spiro atoms. The van der Waals surface area contributed by atoms with Gasteiger partial charge in [-0.3, -0.25) is 0 Å². The van der Waals surface area contributed by atoms with Crippen molar-refractivity contribution in [2.75, 3.05) is 5.73 Å². The van der Waals surface area contributed by atoms with Crippen LogP contribution >= 0.6 is 22.6 Å². The smallest absolute Gasteiger partial charge is 0.406 e. The number of nitrogens with zero attached hydrogens (tertiary/aromatic N) is 4. The first-order valence-corrected chi connectivity index (χ1v) is 11.0.